The number of halogens is 1. The number of carbonyl (C=O) groups is 1. The lowest BCUT2D eigenvalue weighted by atomic mass is 10.1. The molecule has 5 heteroatoms. The Kier molecular flexibility index (Phi) is 4.23. The highest BCUT2D eigenvalue weighted by Crippen LogP contribution is 2.20. The first-order valence-corrected chi connectivity index (χ1v) is 5.54. The molecule has 1 rings (SSSR count). The van der Waals surface area contributed by atoms with Crippen molar-refractivity contribution in [1.82, 2.24) is 5.32 Å². The summed E-state index contributed by atoms with van der Waals surface area (Å²) in [5.41, 5.74) is 6.89. The minimum absolute atomic E-state index is 0.182. The standard InChI is InChI=1S/C10H11BrN2OS/c1-6-3-2-4-7(9(6)11)10(14)13-5-8(12)15/h2-4H,5H2,1H3,(H2,12,15)(H,13,14). The van der Waals surface area contributed by atoms with Crippen LogP contribution in [0.25, 0.3) is 0 Å². The summed E-state index contributed by atoms with van der Waals surface area (Å²) in [6.45, 7) is 2.14. The molecule has 0 atom stereocenters. The molecule has 1 aromatic carbocycles. The average molecular weight is 287 g/mol. The largest absolute Gasteiger partial charge is 0.392 e. The van der Waals surface area contributed by atoms with E-state index in [-0.39, 0.29) is 17.4 Å². The molecular weight excluding hydrogens is 276 g/mol. The summed E-state index contributed by atoms with van der Waals surface area (Å²) in [6.07, 6.45) is 0. The summed E-state index contributed by atoms with van der Waals surface area (Å²) in [6, 6.07) is 5.50. The molecule has 15 heavy (non-hydrogen) atoms. The van der Waals surface area contributed by atoms with Gasteiger partial charge in [0.15, 0.2) is 0 Å². The maximum atomic E-state index is 11.7. The van der Waals surface area contributed by atoms with Crippen LogP contribution in [0.1, 0.15) is 15.9 Å². The van der Waals surface area contributed by atoms with Crippen molar-refractivity contribution < 1.29 is 4.79 Å². The van der Waals surface area contributed by atoms with Gasteiger partial charge in [-0.15, -0.1) is 0 Å². The fourth-order valence-corrected chi connectivity index (χ4v) is 1.60. The topological polar surface area (TPSA) is 55.1 Å². The second-order valence-corrected chi connectivity index (χ2v) is 4.40. The van der Waals surface area contributed by atoms with Crippen molar-refractivity contribution in [3.63, 3.8) is 0 Å². The van der Waals surface area contributed by atoms with E-state index in [1.807, 2.05) is 19.1 Å². The number of hydrogen-bond acceptors (Lipinski definition) is 2. The van der Waals surface area contributed by atoms with E-state index in [1.54, 1.807) is 6.07 Å². The predicted octanol–water partition coefficient (Wildman–Crippen LogP) is 1.77. The number of thiocarbonyl (C=S) groups is 1. The third-order valence-electron chi connectivity index (χ3n) is 1.86. The fraction of sp³-hybridized carbons (Fsp3) is 0.200. The third kappa shape index (κ3) is 3.28. The number of amides is 1. The van der Waals surface area contributed by atoms with E-state index in [4.69, 9.17) is 5.73 Å². The Labute approximate surface area is 102 Å². The lowest BCUT2D eigenvalue weighted by Gasteiger charge is -2.07. The van der Waals surface area contributed by atoms with Gasteiger partial charge in [-0.1, -0.05) is 24.4 Å². The smallest absolute Gasteiger partial charge is 0.252 e. The van der Waals surface area contributed by atoms with Crippen LogP contribution >= 0.6 is 28.1 Å². The van der Waals surface area contributed by atoms with Crippen LogP contribution in [0, 0.1) is 6.92 Å². The molecule has 0 aliphatic rings. The van der Waals surface area contributed by atoms with Crippen molar-refractivity contribution >= 4 is 39.0 Å². The number of nitrogens with two attached hydrogens (primary N) is 1. The van der Waals surface area contributed by atoms with E-state index in [0.29, 0.717) is 5.56 Å². The molecule has 0 spiro atoms. The minimum Gasteiger partial charge on any atom is -0.392 e. The number of benzene rings is 1. The van der Waals surface area contributed by atoms with Gasteiger partial charge in [-0.05, 0) is 34.5 Å². The number of aryl methyl sites for hydroxylation is 1. The van der Waals surface area contributed by atoms with Crippen LogP contribution in [0.2, 0.25) is 0 Å². The summed E-state index contributed by atoms with van der Waals surface area (Å²) in [7, 11) is 0. The monoisotopic (exact) mass is 286 g/mol. The highest BCUT2D eigenvalue weighted by atomic mass is 79.9. The molecule has 0 aliphatic heterocycles. The average Bonchev–Trinajstić information content (AvgIpc) is 2.18. The number of carbonyl (C=O) groups excluding carboxylic acids is 1. The van der Waals surface area contributed by atoms with Crippen molar-refractivity contribution in [1.29, 1.82) is 0 Å². The first-order valence-electron chi connectivity index (χ1n) is 4.34. The molecule has 0 unspecified atom stereocenters. The van der Waals surface area contributed by atoms with E-state index in [0.717, 1.165) is 10.0 Å². The molecule has 0 aliphatic carbocycles. The van der Waals surface area contributed by atoms with Gasteiger partial charge in [-0.2, -0.15) is 0 Å². The lowest BCUT2D eigenvalue weighted by molar-refractivity contribution is 0.0958. The van der Waals surface area contributed by atoms with Gasteiger partial charge in [0.25, 0.3) is 5.91 Å². The van der Waals surface area contributed by atoms with E-state index in [2.05, 4.69) is 33.5 Å². The normalized spacial score (nSPS) is 9.73. The van der Waals surface area contributed by atoms with E-state index in [1.165, 1.54) is 0 Å². The third-order valence-corrected chi connectivity index (χ3v) is 3.06. The molecule has 0 radical (unpaired) electrons. The van der Waals surface area contributed by atoms with Gasteiger partial charge in [0, 0.05) is 4.47 Å². The van der Waals surface area contributed by atoms with Gasteiger partial charge >= 0.3 is 0 Å². The Bertz CT molecular complexity index is 406. The maximum absolute atomic E-state index is 11.7. The van der Waals surface area contributed by atoms with E-state index < -0.39 is 0 Å². The van der Waals surface area contributed by atoms with E-state index in [9.17, 15) is 4.79 Å². The lowest BCUT2D eigenvalue weighted by Crippen LogP contribution is -2.32. The minimum atomic E-state index is -0.182. The van der Waals surface area contributed by atoms with Crippen molar-refractivity contribution in [2.75, 3.05) is 6.54 Å². The molecule has 1 aromatic rings. The number of rotatable bonds is 3. The van der Waals surface area contributed by atoms with Crippen LogP contribution in [0.15, 0.2) is 22.7 Å². The Balaban J connectivity index is 2.82. The molecule has 3 N–H and O–H groups in total. The molecule has 3 nitrogen and oxygen atoms in total. The van der Waals surface area contributed by atoms with Crippen LogP contribution in [-0.2, 0) is 0 Å². The van der Waals surface area contributed by atoms with Gasteiger partial charge in [-0.3, -0.25) is 4.79 Å². The molecule has 1 amide bonds. The van der Waals surface area contributed by atoms with E-state index >= 15 is 0 Å². The summed E-state index contributed by atoms with van der Waals surface area (Å²) < 4.78 is 0.797. The Hall–Kier alpha value is -0.940. The first kappa shape index (κ1) is 12.1. The van der Waals surface area contributed by atoms with Gasteiger partial charge in [0.2, 0.25) is 0 Å². The summed E-state index contributed by atoms with van der Waals surface area (Å²) in [5, 5.41) is 2.63. The molecule has 0 heterocycles. The second kappa shape index (κ2) is 5.23. The molecule has 0 fully saturated rings. The van der Waals surface area contributed by atoms with Crippen molar-refractivity contribution in [2.45, 2.75) is 6.92 Å². The Morgan fingerprint density at radius 1 is 1.60 bits per heavy atom. The highest BCUT2D eigenvalue weighted by Gasteiger charge is 2.10. The molecule has 80 valence electrons. The van der Waals surface area contributed by atoms with Gasteiger partial charge < -0.3 is 11.1 Å². The SMILES string of the molecule is Cc1cccc(C(=O)NCC(N)=S)c1Br. The molecular formula is C10H11BrN2OS. The number of hydrogen-bond donors (Lipinski definition) is 2. The highest BCUT2D eigenvalue weighted by molar-refractivity contribution is 9.10. The second-order valence-electron chi connectivity index (χ2n) is 3.09. The maximum Gasteiger partial charge on any atom is 0.252 e. The molecule has 0 saturated carbocycles. The fourth-order valence-electron chi connectivity index (χ4n) is 1.09. The summed E-state index contributed by atoms with van der Waals surface area (Å²) >= 11 is 8.04. The van der Waals surface area contributed by atoms with Gasteiger partial charge in [0.1, 0.15) is 0 Å². The molecule has 0 bridgehead atoms. The van der Waals surface area contributed by atoms with Crippen LogP contribution in [0.5, 0.6) is 0 Å². The summed E-state index contributed by atoms with van der Waals surface area (Å²) in [5.74, 6) is -0.182. The predicted molar refractivity (Wildman–Crippen MR) is 68.0 cm³/mol. The molecule has 0 aromatic heterocycles. The summed E-state index contributed by atoms with van der Waals surface area (Å²) in [4.78, 5) is 11.9. The number of nitrogens with one attached hydrogen (secondary N) is 1. The Morgan fingerprint density at radius 3 is 2.87 bits per heavy atom. The van der Waals surface area contributed by atoms with Crippen molar-refractivity contribution in [3.8, 4) is 0 Å². The van der Waals surface area contributed by atoms with Crippen LogP contribution in [0.3, 0.4) is 0 Å². The quantitative estimate of drug-likeness (QED) is 0.833. The molecule has 0 saturated heterocycles. The van der Waals surface area contributed by atoms with Crippen LogP contribution in [0.4, 0.5) is 0 Å². The van der Waals surface area contributed by atoms with Crippen molar-refractivity contribution in [3.05, 3.63) is 33.8 Å². The zero-order valence-electron chi connectivity index (χ0n) is 8.21. The van der Waals surface area contributed by atoms with Crippen LogP contribution < -0.4 is 11.1 Å². The van der Waals surface area contributed by atoms with Crippen molar-refractivity contribution in [2.24, 2.45) is 5.73 Å². The van der Waals surface area contributed by atoms with Crippen LogP contribution in [-0.4, -0.2) is 17.4 Å². The van der Waals surface area contributed by atoms with Gasteiger partial charge in [0.05, 0.1) is 17.1 Å². The zero-order valence-corrected chi connectivity index (χ0v) is 10.6. The van der Waals surface area contributed by atoms with Gasteiger partial charge in [-0.25, -0.2) is 0 Å². The zero-order chi connectivity index (χ0) is 11.4. The first-order chi connectivity index (χ1) is 7.02. The Morgan fingerprint density at radius 2 is 2.27 bits per heavy atom.